The highest BCUT2D eigenvalue weighted by atomic mass is 32.1. The molecule has 25 heavy (non-hydrogen) atoms. The van der Waals surface area contributed by atoms with Crippen molar-refractivity contribution in [2.75, 3.05) is 45.2 Å². The molecule has 0 radical (unpaired) electrons. The molecule has 1 heterocycles. The Kier molecular flexibility index (Phi) is 6.61. The van der Waals surface area contributed by atoms with Crippen molar-refractivity contribution in [1.82, 2.24) is 10.2 Å². The largest absolute Gasteiger partial charge is 0.497 e. The third-order valence-electron chi connectivity index (χ3n) is 4.00. The molecular weight excluding hydrogens is 336 g/mol. The van der Waals surface area contributed by atoms with Crippen LogP contribution in [0, 0.1) is 0 Å². The van der Waals surface area contributed by atoms with Crippen molar-refractivity contribution >= 4 is 28.9 Å². The summed E-state index contributed by atoms with van der Waals surface area (Å²) in [6.45, 7) is 10.0. The number of ether oxygens (including phenoxy) is 1. The first-order valence-electron chi connectivity index (χ1n) is 8.61. The maximum absolute atomic E-state index is 12.0. The molecule has 0 atom stereocenters. The van der Waals surface area contributed by atoms with Gasteiger partial charge in [-0.1, -0.05) is 6.07 Å². The topological polar surface area (TPSA) is 58.0 Å². The zero-order chi connectivity index (χ0) is 18.4. The number of benzene rings is 1. The summed E-state index contributed by atoms with van der Waals surface area (Å²) in [6, 6.07) is 7.72. The molecule has 2 rings (SSSR count). The lowest BCUT2D eigenvalue weighted by Gasteiger charge is -2.34. The van der Waals surface area contributed by atoms with Crippen LogP contribution in [-0.2, 0) is 4.79 Å². The average Bonchev–Trinajstić information content (AvgIpc) is 2.53. The molecule has 0 unspecified atom stereocenters. The quantitative estimate of drug-likeness (QED) is 0.679. The van der Waals surface area contributed by atoms with Crippen LogP contribution in [0.5, 0.6) is 5.75 Å². The Labute approximate surface area is 155 Å². The van der Waals surface area contributed by atoms with Crippen LogP contribution in [0.15, 0.2) is 24.3 Å². The standard InChI is InChI=1S/C18H28N4O2S/c1-18(2,3)20-16(23)13-21-8-10-22(11-9-21)17(25)19-14-6-5-7-15(12-14)24-4/h5-7,12H,8-11,13H2,1-4H3,(H,19,25)(H,20,23)/p+1. The van der Waals surface area contributed by atoms with Gasteiger partial charge in [-0.2, -0.15) is 0 Å². The van der Waals surface area contributed by atoms with Crippen LogP contribution in [0.3, 0.4) is 0 Å². The van der Waals surface area contributed by atoms with Gasteiger partial charge in [-0.15, -0.1) is 0 Å². The summed E-state index contributed by atoms with van der Waals surface area (Å²) in [5, 5.41) is 7.00. The minimum atomic E-state index is -0.180. The first-order valence-corrected chi connectivity index (χ1v) is 9.02. The molecule has 0 saturated carbocycles. The second-order valence-corrected chi connectivity index (χ2v) is 7.76. The van der Waals surface area contributed by atoms with Crippen LogP contribution < -0.4 is 20.3 Å². The molecule has 0 spiro atoms. The van der Waals surface area contributed by atoms with Gasteiger partial charge >= 0.3 is 0 Å². The van der Waals surface area contributed by atoms with Gasteiger partial charge in [0.15, 0.2) is 11.7 Å². The van der Waals surface area contributed by atoms with E-state index >= 15 is 0 Å². The second kappa shape index (κ2) is 8.49. The molecule has 7 heteroatoms. The van der Waals surface area contributed by atoms with E-state index in [2.05, 4.69) is 15.5 Å². The fourth-order valence-corrected chi connectivity index (χ4v) is 3.10. The van der Waals surface area contributed by atoms with E-state index in [-0.39, 0.29) is 11.4 Å². The number of amides is 1. The highest BCUT2D eigenvalue weighted by Crippen LogP contribution is 2.17. The van der Waals surface area contributed by atoms with Crippen molar-refractivity contribution < 1.29 is 14.4 Å². The molecule has 3 N–H and O–H groups in total. The van der Waals surface area contributed by atoms with Crippen LogP contribution in [0.4, 0.5) is 5.69 Å². The maximum Gasteiger partial charge on any atom is 0.275 e. The molecule has 1 fully saturated rings. The minimum absolute atomic E-state index is 0.105. The maximum atomic E-state index is 12.0. The van der Waals surface area contributed by atoms with Gasteiger partial charge in [0.25, 0.3) is 5.91 Å². The molecule has 1 aliphatic rings. The monoisotopic (exact) mass is 365 g/mol. The van der Waals surface area contributed by atoms with Crippen molar-refractivity contribution in [3.8, 4) is 5.75 Å². The Morgan fingerprint density at radius 3 is 2.60 bits per heavy atom. The van der Waals surface area contributed by atoms with E-state index < -0.39 is 0 Å². The van der Waals surface area contributed by atoms with Crippen molar-refractivity contribution in [2.45, 2.75) is 26.3 Å². The van der Waals surface area contributed by atoms with Crippen LogP contribution in [-0.4, -0.2) is 61.3 Å². The van der Waals surface area contributed by atoms with Crippen LogP contribution >= 0.6 is 12.2 Å². The van der Waals surface area contributed by atoms with Gasteiger partial charge in [0.1, 0.15) is 5.75 Å². The number of rotatable bonds is 4. The number of nitrogens with one attached hydrogen (secondary N) is 3. The van der Waals surface area contributed by atoms with Gasteiger partial charge in [-0.05, 0) is 45.1 Å². The van der Waals surface area contributed by atoms with E-state index in [4.69, 9.17) is 17.0 Å². The number of carbonyl (C=O) groups excluding carboxylic acids is 1. The Hall–Kier alpha value is -1.86. The van der Waals surface area contributed by atoms with Gasteiger partial charge in [0, 0.05) is 17.3 Å². The summed E-state index contributed by atoms with van der Waals surface area (Å²) in [5.41, 5.74) is 0.740. The average molecular weight is 366 g/mol. The molecule has 1 aliphatic heterocycles. The normalized spacial score (nSPS) is 15.6. The molecule has 1 saturated heterocycles. The molecule has 1 aromatic rings. The summed E-state index contributed by atoms with van der Waals surface area (Å²) < 4.78 is 5.23. The SMILES string of the molecule is COc1cccc(NC(=S)N2CC[NH+](CC(=O)NC(C)(C)C)CC2)c1. The van der Waals surface area contributed by atoms with E-state index in [0.29, 0.717) is 11.7 Å². The first-order chi connectivity index (χ1) is 11.8. The molecule has 138 valence electrons. The van der Waals surface area contributed by atoms with Gasteiger partial charge in [-0.25, -0.2) is 0 Å². The molecule has 0 bridgehead atoms. The number of methoxy groups -OCH3 is 1. The molecular formula is C18H29N4O2S+. The Morgan fingerprint density at radius 1 is 1.32 bits per heavy atom. The van der Waals surface area contributed by atoms with E-state index in [1.54, 1.807) is 7.11 Å². The summed E-state index contributed by atoms with van der Waals surface area (Å²) in [4.78, 5) is 15.5. The number of hydrogen-bond donors (Lipinski definition) is 3. The van der Waals surface area contributed by atoms with Crippen LogP contribution in [0.2, 0.25) is 0 Å². The molecule has 6 nitrogen and oxygen atoms in total. The second-order valence-electron chi connectivity index (χ2n) is 7.37. The molecule has 0 aliphatic carbocycles. The van der Waals surface area contributed by atoms with Gasteiger partial charge in [0.2, 0.25) is 0 Å². The minimum Gasteiger partial charge on any atom is -0.497 e. The summed E-state index contributed by atoms with van der Waals surface area (Å²) in [7, 11) is 1.65. The van der Waals surface area contributed by atoms with Crippen molar-refractivity contribution in [3.05, 3.63) is 24.3 Å². The smallest absolute Gasteiger partial charge is 0.275 e. The van der Waals surface area contributed by atoms with E-state index in [1.165, 1.54) is 4.90 Å². The highest BCUT2D eigenvalue weighted by Gasteiger charge is 2.25. The number of hydrogen-bond acceptors (Lipinski definition) is 3. The van der Waals surface area contributed by atoms with Crippen molar-refractivity contribution in [3.63, 3.8) is 0 Å². The predicted octanol–water partition coefficient (Wildman–Crippen LogP) is 0.507. The number of piperazine rings is 1. The summed E-state index contributed by atoms with van der Waals surface area (Å²) >= 11 is 5.52. The number of nitrogens with zero attached hydrogens (tertiary/aromatic N) is 1. The lowest BCUT2D eigenvalue weighted by atomic mass is 10.1. The summed E-state index contributed by atoms with van der Waals surface area (Å²) in [5.74, 6) is 0.903. The zero-order valence-corrected chi connectivity index (χ0v) is 16.3. The third-order valence-corrected chi connectivity index (χ3v) is 4.36. The lowest BCUT2D eigenvalue weighted by Crippen LogP contribution is -3.16. The zero-order valence-electron chi connectivity index (χ0n) is 15.5. The number of carbonyl (C=O) groups is 1. The van der Waals surface area contributed by atoms with Gasteiger partial charge < -0.3 is 25.2 Å². The Balaban J connectivity index is 1.79. The fourth-order valence-electron chi connectivity index (χ4n) is 2.80. The summed E-state index contributed by atoms with van der Waals surface area (Å²) in [6.07, 6.45) is 0. The van der Waals surface area contributed by atoms with Crippen molar-refractivity contribution in [2.24, 2.45) is 0 Å². The van der Waals surface area contributed by atoms with E-state index in [9.17, 15) is 4.79 Å². The van der Waals surface area contributed by atoms with Crippen LogP contribution in [0.1, 0.15) is 20.8 Å². The molecule has 1 amide bonds. The van der Waals surface area contributed by atoms with E-state index in [0.717, 1.165) is 37.6 Å². The van der Waals surface area contributed by atoms with Crippen LogP contribution in [0.25, 0.3) is 0 Å². The Bertz CT molecular complexity index is 607. The number of thiocarbonyl (C=S) groups is 1. The number of quaternary nitrogens is 1. The molecule has 0 aromatic heterocycles. The molecule has 1 aromatic carbocycles. The first kappa shape index (κ1) is 19.5. The van der Waals surface area contributed by atoms with E-state index in [1.807, 2.05) is 45.0 Å². The van der Waals surface area contributed by atoms with Gasteiger partial charge in [0.05, 0.1) is 33.3 Å². The fraction of sp³-hybridized carbons (Fsp3) is 0.556. The predicted molar refractivity (Wildman–Crippen MR) is 104 cm³/mol. The Morgan fingerprint density at radius 2 is 2.00 bits per heavy atom. The third kappa shape index (κ3) is 6.51. The lowest BCUT2D eigenvalue weighted by molar-refractivity contribution is -0.895. The van der Waals surface area contributed by atoms with Gasteiger partial charge in [-0.3, -0.25) is 4.79 Å². The number of anilines is 1. The van der Waals surface area contributed by atoms with Crippen molar-refractivity contribution in [1.29, 1.82) is 0 Å². The highest BCUT2D eigenvalue weighted by molar-refractivity contribution is 7.80.